The molecule has 0 bridgehead atoms. The largest absolute Gasteiger partial charge is 0.497 e. The lowest BCUT2D eigenvalue weighted by Crippen LogP contribution is -2.50. The zero-order valence-electron chi connectivity index (χ0n) is 27.8. The summed E-state index contributed by atoms with van der Waals surface area (Å²) in [5.74, 6) is 1.40. The van der Waals surface area contributed by atoms with Crippen LogP contribution in [0.1, 0.15) is 29.2 Å². The van der Waals surface area contributed by atoms with E-state index >= 15 is 0 Å². The molecule has 1 aliphatic rings. The molecule has 4 atom stereocenters. The van der Waals surface area contributed by atoms with E-state index in [1.165, 1.54) is 11.8 Å². The van der Waals surface area contributed by atoms with Crippen molar-refractivity contribution in [2.24, 2.45) is 5.92 Å². The van der Waals surface area contributed by atoms with E-state index < -0.39 is 28.3 Å². The summed E-state index contributed by atoms with van der Waals surface area (Å²) >= 11 is 1.23. The molecule has 2 unspecified atom stereocenters. The number of hydrogen-bond acceptors (Lipinski definition) is 9. The first kappa shape index (κ1) is 34.9. The van der Waals surface area contributed by atoms with Crippen molar-refractivity contribution in [1.29, 1.82) is 0 Å². The Balaban J connectivity index is 1.70. The Morgan fingerprint density at radius 2 is 1.00 bits per heavy atom. The van der Waals surface area contributed by atoms with Gasteiger partial charge in [0.15, 0.2) is 0 Å². The average molecular weight is 671 g/mol. The normalized spacial score (nSPS) is 18.2. The Bertz CT molecular complexity index is 1690. The fraction of sp³-hybridized carbons (Fsp3) is 0.308. The maximum atomic E-state index is 13.4. The number of methoxy groups -OCH3 is 4. The van der Waals surface area contributed by atoms with Crippen LogP contribution in [0.15, 0.2) is 108 Å². The molecule has 1 heterocycles. The van der Waals surface area contributed by atoms with Gasteiger partial charge in [-0.2, -0.15) is 0 Å². The molecular weight excluding hydrogens is 628 g/mol. The number of esters is 1. The van der Waals surface area contributed by atoms with Gasteiger partial charge in [0.05, 0.1) is 45.2 Å². The summed E-state index contributed by atoms with van der Waals surface area (Å²) < 4.78 is 27.1. The summed E-state index contributed by atoms with van der Waals surface area (Å²) in [6.07, 6.45) is 2.13. The molecule has 0 saturated heterocycles. The zero-order valence-corrected chi connectivity index (χ0v) is 28.7. The first-order chi connectivity index (χ1) is 23.2. The molecule has 0 spiro atoms. The molecule has 0 radical (unpaired) electrons. The first-order valence-electron chi connectivity index (χ1n) is 15.7. The molecule has 0 amide bonds. The second kappa shape index (κ2) is 15.2. The van der Waals surface area contributed by atoms with E-state index in [1.54, 1.807) is 65.7 Å². The molecule has 5 rings (SSSR count). The fourth-order valence-electron chi connectivity index (χ4n) is 6.25. The van der Waals surface area contributed by atoms with Crippen molar-refractivity contribution < 1.29 is 38.7 Å². The summed E-state index contributed by atoms with van der Waals surface area (Å²) in [4.78, 5) is 13.7. The van der Waals surface area contributed by atoms with Crippen LogP contribution in [0.3, 0.4) is 0 Å². The summed E-state index contributed by atoms with van der Waals surface area (Å²) in [5.41, 5.74) is -0.256. The highest BCUT2D eigenvalue weighted by Gasteiger charge is 2.54. The van der Waals surface area contributed by atoms with Gasteiger partial charge < -0.3 is 33.9 Å². The van der Waals surface area contributed by atoms with Crippen LogP contribution < -0.4 is 18.9 Å². The van der Waals surface area contributed by atoms with Gasteiger partial charge in [0.25, 0.3) is 0 Å². The summed E-state index contributed by atoms with van der Waals surface area (Å²) in [7, 11) is 6.39. The minimum absolute atomic E-state index is 0.179. The number of carbonyl (C=O) groups is 1. The topological polar surface area (TPSA) is 104 Å². The molecular formula is C39H42O8S. The Morgan fingerprint density at radius 3 is 1.40 bits per heavy atom. The van der Waals surface area contributed by atoms with Crippen molar-refractivity contribution in [3.8, 4) is 23.0 Å². The van der Waals surface area contributed by atoms with Crippen molar-refractivity contribution in [2.75, 3.05) is 35.0 Å². The minimum Gasteiger partial charge on any atom is -0.497 e. The van der Waals surface area contributed by atoms with Crippen LogP contribution in [0.2, 0.25) is 0 Å². The smallest absolute Gasteiger partial charge is 0.344 e. The number of carbonyl (C=O) groups excluding carboxylic acids is 1. The number of ether oxygens (including phenoxy) is 5. The molecule has 8 nitrogen and oxygen atoms in total. The molecule has 9 heteroatoms. The van der Waals surface area contributed by atoms with Crippen LogP contribution in [0.25, 0.3) is 0 Å². The molecule has 0 aliphatic carbocycles. The van der Waals surface area contributed by atoms with E-state index in [0.29, 0.717) is 39.0 Å². The van der Waals surface area contributed by atoms with Gasteiger partial charge in [-0.25, -0.2) is 4.79 Å². The highest BCUT2D eigenvalue weighted by atomic mass is 32.2. The van der Waals surface area contributed by atoms with Crippen LogP contribution in [0, 0.1) is 5.92 Å². The quantitative estimate of drug-likeness (QED) is 0.146. The van der Waals surface area contributed by atoms with Crippen molar-refractivity contribution in [2.45, 2.75) is 36.2 Å². The fourth-order valence-corrected chi connectivity index (χ4v) is 7.77. The standard InChI is InChI=1S/C39H42O8S/c1-6-47-37(40)35-23-34(38(41,28-11-19-32(45-4)20-12-28)24-26-7-15-30(43-2)16-8-26)36(48-35)39(42,29-13-21-33(46-5)22-14-29)25-27-9-17-31(44-3)18-10-27/h7-23,34,36,41-42H,6,24-25H2,1-5H3/t34-,36-,38?,39?/m0/s1. The lowest BCUT2D eigenvalue weighted by Gasteiger charge is -2.44. The summed E-state index contributed by atoms with van der Waals surface area (Å²) in [6.45, 7) is 1.94. The second-order valence-corrected chi connectivity index (χ2v) is 12.9. The number of thioether (sulfide) groups is 1. The molecule has 0 aromatic heterocycles. The minimum atomic E-state index is -1.59. The number of benzene rings is 4. The van der Waals surface area contributed by atoms with Gasteiger partial charge in [0.1, 0.15) is 34.2 Å². The maximum Gasteiger partial charge on any atom is 0.344 e. The van der Waals surface area contributed by atoms with Crippen LogP contribution in [-0.2, 0) is 33.6 Å². The third-order valence-electron chi connectivity index (χ3n) is 8.85. The van der Waals surface area contributed by atoms with E-state index in [9.17, 15) is 15.0 Å². The Morgan fingerprint density at radius 1 is 0.625 bits per heavy atom. The van der Waals surface area contributed by atoms with Crippen LogP contribution in [-0.4, -0.2) is 56.5 Å². The molecule has 4 aromatic carbocycles. The SMILES string of the molecule is CCOC(=O)C1=C[C@H](C(O)(Cc2ccc(OC)cc2)c2ccc(OC)cc2)[C@@H](C(O)(Cc2ccc(OC)cc2)c2ccc(OC)cc2)S1. The predicted octanol–water partition coefficient (Wildman–Crippen LogP) is 6.46. The van der Waals surface area contributed by atoms with Crippen molar-refractivity contribution in [3.05, 3.63) is 130 Å². The average Bonchev–Trinajstić information content (AvgIpc) is 3.60. The maximum absolute atomic E-state index is 13.4. The van der Waals surface area contributed by atoms with Crippen LogP contribution >= 0.6 is 11.8 Å². The molecule has 1 aliphatic heterocycles. The van der Waals surface area contributed by atoms with Gasteiger partial charge in [-0.1, -0.05) is 54.6 Å². The summed E-state index contributed by atoms with van der Waals surface area (Å²) in [5, 5.41) is 25.5. The number of aliphatic hydroxyl groups is 2. The Hall–Kier alpha value is -4.44. The van der Waals surface area contributed by atoms with Crippen molar-refractivity contribution >= 4 is 17.7 Å². The Labute approximate surface area is 286 Å². The van der Waals surface area contributed by atoms with Gasteiger partial charge in [0, 0.05) is 18.8 Å². The van der Waals surface area contributed by atoms with Crippen molar-refractivity contribution in [1.82, 2.24) is 0 Å². The van der Waals surface area contributed by atoms with Gasteiger partial charge in [-0.05, 0) is 77.7 Å². The number of rotatable bonds is 14. The first-order valence-corrected chi connectivity index (χ1v) is 16.6. The highest BCUT2D eigenvalue weighted by Crippen LogP contribution is 2.54. The van der Waals surface area contributed by atoms with Gasteiger partial charge >= 0.3 is 5.97 Å². The highest BCUT2D eigenvalue weighted by molar-refractivity contribution is 8.04. The van der Waals surface area contributed by atoms with E-state index in [-0.39, 0.29) is 19.4 Å². The summed E-state index contributed by atoms with van der Waals surface area (Å²) in [6, 6.07) is 29.6. The zero-order chi connectivity index (χ0) is 34.3. The lowest BCUT2D eigenvalue weighted by atomic mass is 9.69. The molecule has 0 saturated carbocycles. The molecule has 2 N–H and O–H groups in total. The van der Waals surface area contributed by atoms with Gasteiger partial charge in [0.2, 0.25) is 0 Å². The monoisotopic (exact) mass is 670 g/mol. The van der Waals surface area contributed by atoms with Crippen LogP contribution in [0.5, 0.6) is 23.0 Å². The molecule has 48 heavy (non-hydrogen) atoms. The second-order valence-electron chi connectivity index (χ2n) is 11.7. The van der Waals surface area contributed by atoms with Crippen molar-refractivity contribution in [3.63, 3.8) is 0 Å². The molecule has 252 valence electrons. The van der Waals surface area contributed by atoms with Gasteiger partial charge in [-0.15, -0.1) is 11.8 Å². The third-order valence-corrected chi connectivity index (χ3v) is 10.3. The lowest BCUT2D eigenvalue weighted by molar-refractivity contribution is -0.137. The van der Waals surface area contributed by atoms with Gasteiger partial charge in [-0.3, -0.25) is 0 Å². The predicted molar refractivity (Wildman–Crippen MR) is 187 cm³/mol. The molecule has 0 fully saturated rings. The van der Waals surface area contributed by atoms with E-state index in [4.69, 9.17) is 23.7 Å². The third kappa shape index (κ3) is 7.33. The van der Waals surface area contributed by atoms with E-state index in [2.05, 4.69) is 0 Å². The van der Waals surface area contributed by atoms with E-state index in [0.717, 1.165) is 11.1 Å². The van der Waals surface area contributed by atoms with E-state index in [1.807, 2.05) is 72.8 Å². The Kier molecular flexibility index (Phi) is 11.0. The number of hydrogen-bond donors (Lipinski definition) is 2. The van der Waals surface area contributed by atoms with Crippen LogP contribution in [0.4, 0.5) is 0 Å². The molecule has 4 aromatic rings.